The van der Waals surface area contributed by atoms with E-state index in [1.54, 1.807) is 47.3 Å². The van der Waals surface area contributed by atoms with Crippen molar-refractivity contribution in [1.29, 1.82) is 5.26 Å². The summed E-state index contributed by atoms with van der Waals surface area (Å²) in [7, 11) is 0. The van der Waals surface area contributed by atoms with Crippen LogP contribution in [-0.4, -0.2) is 15.7 Å². The van der Waals surface area contributed by atoms with Gasteiger partial charge in [0.25, 0.3) is 5.91 Å². The SMILES string of the molecule is Cc1ccnn1-c1ccc(C(=O)N[C@H](C#N)c2ccc(OCc3ccccc3)cc2)cc1. The minimum absolute atomic E-state index is 0.315. The predicted octanol–water partition coefficient (Wildman–Crippen LogP) is 4.75. The van der Waals surface area contributed by atoms with Crippen molar-refractivity contribution in [1.82, 2.24) is 15.1 Å². The lowest BCUT2D eigenvalue weighted by molar-refractivity contribution is 0.0945. The first kappa shape index (κ1) is 20.9. The maximum absolute atomic E-state index is 12.7. The Bertz CT molecular complexity index is 1220. The van der Waals surface area contributed by atoms with Crippen LogP contribution in [0.25, 0.3) is 5.69 Å². The molecule has 0 aliphatic carbocycles. The predicted molar refractivity (Wildman–Crippen MR) is 121 cm³/mol. The molecule has 3 aromatic carbocycles. The van der Waals surface area contributed by atoms with Gasteiger partial charge in [0.05, 0.1) is 11.8 Å². The maximum Gasteiger partial charge on any atom is 0.252 e. The molecule has 0 spiro atoms. The fourth-order valence-electron chi connectivity index (χ4n) is 3.30. The second kappa shape index (κ2) is 9.63. The monoisotopic (exact) mass is 422 g/mol. The first-order chi connectivity index (χ1) is 15.6. The zero-order chi connectivity index (χ0) is 22.3. The summed E-state index contributed by atoms with van der Waals surface area (Å²) in [6, 6.07) is 27.5. The van der Waals surface area contributed by atoms with Crippen molar-refractivity contribution in [3.8, 4) is 17.5 Å². The Kier molecular flexibility index (Phi) is 6.28. The van der Waals surface area contributed by atoms with E-state index in [9.17, 15) is 10.1 Å². The van der Waals surface area contributed by atoms with Crippen LogP contribution in [0.4, 0.5) is 0 Å². The number of hydrogen-bond donors (Lipinski definition) is 1. The standard InChI is InChI=1S/C26H22N4O2/c1-19-15-16-28-30(19)23-11-7-22(8-12-23)26(31)29-25(17-27)21-9-13-24(14-10-21)32-18-20-5-3-2-4-6-20/h2-16,25H,18H2,1H3,(H,29,31)/t25-/m1/s1. The van der Waals surface area contributed by atoms with Crippen LogP contribution >= 0.6 is 0 Å². The van der Waals surface area contributed by atoms with Crippen molar-refractivity contribution in [3.05, 3.63) is 114 Å². The van der Waals surface area contributed by atoms with E-state index in [1.807, 2.05) is 55.5 Å². The normalized spacial score (nSPS) is 11.4. The number of aryl methyl sites for hydroxylation is 1. The first-order valence-electron chi connectivity index (χ1n) is 10.2. The average molecular weight is 422 g/mol. The first-order valence-corrected chi connectivity index (χ1v) is 10.2. The second-order valence-corrected chi connectivity index (χ2v) is 7.31. The quantitative estimate of drug-likeness (QED) is 0.466. The zero-order valence-electron chi connectivity index (χ0n) is 17.6. The van der Waals surface area contributed by atoms with E-state index in [-0.39, 0.29) is 5.91 Å². The molecule has 0 saturated heterocycles. The average Bonchev–Trinajstić information content (AvgIpc) is 3.28. The van der Waals surface area contributed by atoms with Gasteiger partial charge in [-0.15, -0.1) is 0 Å². The van der Waals surface area contributed by atoms with Gasteiger partial charge in [-0.2, -0.15) is 10.4 Å². The number of aromatic nitrogens is 2. The molecule has 1 atom stereocenters. The van der Waals surface area contributed by atoms with Crippen molar-refractivity contribution in [2.75, 3.05) is 0 Å². The number of amides is 1. The Labute approximate surface area is 186 Å². The molecule has 0 aliphatic heterocycles. The van der Waals surface area contributed by atoms with Gasteiger partial charge < -0.3 is 10.1 Å². The lowest BCUT2D eigenvalue weighted by Crippen LogP contribution is -2.27. The molecule has 1 N–H and O–H groups in total. The molecular weight excluding hydrogens is 400 g/mol. The van der Waals surface area contributed by atoms with Crippen LogP contribution in [0.1, 0.15) is 33.2 Å². The Morgan fingerprint density at radius 2 is 1.75 bits per heavy atom. The summed E-state index contributed by atoms with van der Waals surface area (Å²) in [6.45, 7) is 2.43. The van der Waals surface area contributed by atoms with Gasteiger partial charge in [0.15, 0.2) is 0 Å². The van der Waals surface area contributed by atoms with E-state index in [0.717, 1.165) is 16.9 Å². The number of nitrogens with one attached hydrogen (secondary N) is 1. The highest BCUT2D eigenvalue weighted by atomic mass is 16.5. The largest absolute Gasteiger partial charge is 0.489 e. The third-order valence-corrected chi connectivity index (χ3v) is 5.07. The highest BCUT2D eigenvalue weighted by Gasteiger charge is 2.15. The third-order valence-electron chi connectivity index (χ3n) is 5.07. The van der Waals surface area contributed by atoms with E-state index in [4.69, 9.17) is 4.74 Å². The molecule has 0 fully saturated rings. The summed E-state index contributed by atoms with van der Waals surface area (Å²) in [5, 5.41) is 16.6. The van der Waals surface area contributed by atoms with Gasteiger partial charge in [-0.1, -0.05) is 42.5 Å². The summed E-state index contributed by atoms with van der Waals surface area (Å²) in [5.74, 6) is 0.384. The molecule has 4 aromatic rings. The van der Waals surface area contributed by atoms with Gasteiger partial charge in [0.2, 0.25) is 0 Å². The van der Waals surface area contributed by atoms with E-state index in [2.05, 4.69) is 16.5 Å². The molecule has 1 amide bonds. The Balaban J connectivity index is 1.39. The number of nitriles is 1. The molecule has 1 aromatic heterocycles. The van der Waals surface area contributed by atoms with Gasteiger partial charge >= 0.3 is 0 Å². The molecule has 6 nitrogen and oxygen atoms in total. The lowest BCUT2D eigenvalue weighted by Gasteiger charge is -2.13. The molecule has 1 heterocycles. The minimum Gasteiger partial charge on any atom is -0.489 e. The summed E-state index contributed by atoms with van der Waals surface area (Å²) in [5.41, 5.74) is 4.11. The van der Waals surface area contributed by atoms with Crippen molar-refractivity contribution in [2.45, 2.75) is 19.6 Å². The van der Waals surface area contributed by atoms with Crippen LogP contribution in [0, 0.1) is 18.3 Å². The van der Waals surface area contributed by atoms with Crippen LogP contribution in [0.15, 0.2) is 91.1 Å². The van der Waals surface area contributed by atoms with Crippen molar-refractivity contribution in [2.24, 2.45) is 0 Å². The molecule has 0 aliphatic rings. The van der Waals surface area contributed by atoms with E-state index >= 15 is 0 Å². The molecule has 0 saturated carbocycles. The molecule has 0 bridgehead atoms. The summed E-state index contributed by atoms with van der Waals surface area (Å²) < 4.78 is 7.58. The van der Waals surface area contributed by atoms with E-state index < -0.39 is 6.04 Å². The number of benzene rings is 3. The van der Waals surface area contributed by atoms with Crippen LogP contribution in [0.2, 0.25) is 0 Å². The molecule has 32 heavy (non-hydrogen) atoms. The van der Waals surface area contributed by atoms with Crippen molar-refractivity contribution < 1.29 is 9.53 Å². The fraction of sp³-hybridized carbons (Fsp3) is 0.115. The Hall–Kier alpha value is -4.37. The molecule has 4 rings (SSSR count). The topological polar surface area (TPSA) is 79.9 Å². The maximum atomic E-state index is 12.7. The van der Waals surface area contributed by atoms with E-state index in [1.165, 1.54) is 0 Å². The van der Waals surface area contributed by atoms with Gasteiger partial charge in [-0.25, -0.2) is 4.68 Å². The molecule has 0 unspecified atom stereocenters. The number of rotatable bonds is 7. The molecule has 158 valence electrons. The number of ether oxygens (including phenoxy) is 1. The highest BCUT2D eigenvalue weighted by molar-refractivity contribution is 5.94. The summed E-state index contributed by atoms with van der Waals surface area (Å²) in [6.07, 6.45) is 1.73. The minimum atomic E-state index is -0.765. The highest BCUT2D eigenvalue weighted by Crippen LogP contribution is 2.19. The van der Waals surface area contributed by atoms with Gasteiger partial charge in [-0.3, -0.25) is 4.79 Å². The third kappa shape index (κ3) is 4.85. The van der Waals surface area contributed by atoms with E-state index in [0.29, 0.717) is 23.5 Å². The van der Waals surface area contributed by atoms with Crippen LogP contribution < -0.4 is 10.1 Å². The molecule has 0 radical (unpaired) electrons. The second-order valence-electron chi connectivity index (χ2n) is 7.31. The number of carbonyl (C=O) groups is 1. The van der Waals surface area contributed by atoms with Crippen molar-refractivity contribution >= 4 is 5.91 Å². The summed E-state index contributed by atoms with van der Waals surface area (Å²) >= 11 is 0. The molecule has 6 heteroatoms. The van der Waals surface area contributed by atoms with Crippen LogP contribution in [0.3, 0.4) is 0 Å². The number of nitrogens with zero attached hydrogens (tertiary/aromatic N) is 3. The fourth-order valence-corrected chi connectivity index (χ4v) is 3.30. The van der Waals surface area contributed by atoms with Gasteiger partial charge in [0.1, 0.15) is 18.4 Å². The molecular formula is C26H22N4O2. The van der Waals surface area contributed by atoms with Gasteiger partial charge in [-0.05, 0) is 60.5 Å². The smallest absolute Gasteiger partial charge is 0.252 e. The summed E-state index contributed by atoms with van der Waals surface area (Å²) in [4.78, 5) is 12.7. The van der Waals surface area contributed by atoms with Crippen molar-refractivity contribution in [3.63, 3.8) is 0 Å². The zero-order valence-corrected chi connectivity index (χ0v) is 17.6. The lowest BCUT2D eigenvalue weighted by atomic mass is 10.1. The Morgan fingerprint density at radius 3 is 2.38 bits per heavy atom. The number of hydrogen-bond acceptors (Lipinski definition) is 4. The van der Waals surface area contributed by atoms with Gasteiger partial charge in [0, 0.05) is 17.5 Å². The van der Waals surface area contributed by atoms with Crippen LogP contribution in [-0.2, 0) is 6.61 Å². The Morgan fingerprint density at radius 1 is 1.03 bits per heavy atom. The van der Waals surface area contributed by atoms with Crippen LogP contribution in [0.5, 0.6) is 5.75 Å². The number of carbonyl (C=O) groups excluding carboxylic acids is 1.